The number of imidazole rings is 1. The maximum absolute atomic E-state index is 13.7. The van der Waals surface area contributed by atoms with Crippen LogP contribution >= 0.6 is 23.2 Å². The first kappa shape index (κ1) is 33.5. The molecule has 0 spiro atoms. The number of benzene rings is 2. The average molecular weight is 696 g/mol. The molecule has 3 N–H and O–H groups in total. The molecule has 1 saturated heterocycles. The van der Waals surface area contributed by atoms with Crippen molar-refractivity contribution in [3.8, 4) is 0 Å². The summed E-state index contributed by atoms with van der Waals surface area (Å²) in [7, 11) is 1.84. The number of ether oxygens (including phenoxy) is 1. The van der Waals surface area contributed by atoms with Gasteiger partial charge in [-0.25, -0.2) is 9.78 Å². The second-order valence-electron chi connectivity index (χ2n) is 14.0. The van der Waals surface area contributed by atoms with Gasteiger partial charge in [0.1, 0.15) is 5.60 Å². The van der Waals surface area contributed by atoms with Crippen molar-refractivity contribution in [1.29, 1.82) is 0 Å². The normalized spacial score (nSPS) is 22.6. The molecule has 14 heteroatoms. The number of fused-ring (bicyclic) bond motifs is 2. The number of rotatable bonds is 7. The number of hydrogen-bond acceptors (Lipinski definition) is 6. The summed E-state index contributed by atoms with van der Waals surface area (Å²) < 4.78 is 46.8. The van der Waals surface area contributed by atoms with Gasteiger partial charge in [-0.2, -0.15) is 13.2 Å². The summed E-state index contributed by atoms with van der Waals surface area (Å²) in [6, 6.07) is 6.78. The second kappa shape index (κ2) is 12.6. The molecule has 0 bridgehead atoms. The van der Waals surface area contributed by atoms with Crippen LogP contribution in [0.15, 0.2) is 24.3 Å². The van der Waals surface area contributed by atoms with Crippen LogP contribution in [0.4, 0.5) is 35.3 Å². The minimum Gasteiger partial charge on any atom is -0.444 e. The molecule has 47 heavy (non-hydrogen) atoms. The van der Waals surface area contributed by atoms with Gasteiger partial charge in [-0.05, 0) is 88.5 Å². The van der Waals surface area contributed by atoms with E-state index in [1.54, 1.807) is 39.0 Å². The van der Waals surface area contributed by atoms with Crippen LogP contribution in [-0.2, 0) is 18.3 Å². The molecule has 2 amide bonds. The van der Waals surface area contributed by atoms with Crippen molar-refractivity contribution in [2.45, 2.75) is 77.2 Å². The minimum absolute atomic E-state index is 0.00841. The second-order valence-corrected chi connectivity index (χ2v) is 14.7. The molecule has 2 heterocycles. The van der Waals surface area contributed by atoms with Crippen LogP contribution in [0.2, 0.25) is 10.0 Å². The zero-order chi connectivity index (χ0) is 33.8. The standard InChI is InChI=1S/C33H39Cl2F3N6O3/c1-32(2,3)47-31(46)39-14-17-5-10-23(34)28(27(17)35)42-30-41-24-12-22(29(45)40-21-8-6-20(7-9-21)33(36,37)38)25(13-26(24)43(30)4)44-15-18-11-19(18)16-44/h5,10,12-13,18-21H,6-9,11,14-16H2,1-4H3,(H,39,46)(H,40,45)(H,41,42)/t18?,19?,20-,21-. The van der Waals surface area contributed by atoms with Crippen molar-refractivity contribution >= 4 is 63.6 Å². The van der Waals surface area contributed by atoms with E-state index in [1.807, 2.05) is 17.7 Å². The van der Waals surface area contributed by atoms with Gasteiger partial charge in [0, 0.05) is 32.7 Å². The molecular weight excluding hydrogens is 656 g/mol. The molecule has 3 aromatic rings. The fraction of sp³-hybridized carbons (Fsp3) is 0.545. The third-order valence-electron chi connectivity index (χ3n) is 9.32. The molecule has 254 valence electrons. The Morgan fingerprint density at radius 3 is 2.36 bits per heavy atom. The van der Waals surface area contributed by atoms with Crippen molar-refractivity contribution in [3.05, 3.63) is 45.4 Å². The number of aromatic nitrogens is 2. The Labute approximate surface area is 281 Å². The summed E-state index contributed by atoms with van der Waals surface area (Å²) in [5.74, 6) is 0.0321. The van der Waals surface area contributed by atoms with E-state index in [2.05, 4.69) is 20.9 Å². The molecule has 6 rings (SSSR count). The van der Waals surface area contributed by atoms with E-state index in [0.29, 0.717) is 50.2 Å². The zero-order valence-electron chi connectivity index (χ0n) is 26.7. The number of amides is 2. The number of piperidine rings is 1. The number of nitrogens with one attached hydrogen (secondary N) is 3. The van der Waals surface area contributed by atoms with E-state index in [0.717, 1.165) is 24.3 Å². The molecule has 3 fully saturated rings. The highest BCUT2D eigenvalue weighted by Gasteiger charge is 2.46. The van der Waals surface area contributed by atoms with E-state index in [-0.39, 0.29) is 44.2 Å². The third kappa shape index (κ3) is 7.38. The highest BCUT2D eigenvalue weighted by Crippen LogP contribution is 2.47. The lowest BCUT2D eigenvalue weighted by molar-refractivity contribution is -0.182. The Morgan fingerprint density at radius 1 is 1.04 bits per heavy atom. The Morgan fingerprint density at radius 2 is 1.72 bits per heavy atom. The molecular formula is C33H39Cl2F3N6O3. The van der Waals surface area contributed by atoms with Gasteiger partial charge in [0.15, 0.2) is 0 Å². The molecule has 9 nitrogen and oxygen atoms in total. The maximum Gasteiger partial charge on any atom is 0.407 e. The first-order valence-corrected chi connectivity index (χ1v) is 16.7. The monoisotopic (exact) mass is 694 g/mol. The molecule has 2 aromatic carbocycles. The predicted molar refractivity (Wildman–Crippen MR) is 177 cm³/mol. The number of anilines is 3. The number of aryl methyl sites for hydroxylation is 1. The third-order valence-corrected chi connectivity index (χ3v) is 10.1. The smallest absolute Gasteiger partial charge is 0.407 e. The number of halogens is 5. The van der Waals surface area contributed by atoms with Gasteiger partial charge in [-0.15, -0.1) is 0 Å². The summed E-state index contributed by atoms with van der Waals surface area (Å²) in [5.41, 5.74) is 2.94. The van der Waals surface area contributed by atoms with E-state index >= 15 is 0 Å². The molecule has 2 saturated carbocycles. The lowest BCUT2D eigenvalue weighted by Crippen LogP contribution is -2.40. The average Bonchev–Trinajstić information content (AvgIpc) is 3.47. The van der Waals surface area contributed by atoms with Crippen LogP contribution in [0.25, 0.3) is 11.0 Å². The number of carbonyl (C=O) groups is 2. The molecule has 2 aliphatic carbocycles. The molecule has 2 atom stereocenters. The molecule has 0 radical (unpaired) electrons. The van der Waals surface area contributed by atoms with Gasteiger partial charge >= 0.3 is 12.3 Å². The first-order chi connectivity index (χ1) is 22.1. The number of carbonyl (C=O) groups excluding carboxylic acids is 2. The van der Waals surface area contributed by atoms with Crippen LogP contribution in [0.1, 0.15) is 68.8 Å². The summed E-state index contributed by atoms with van der Waals surface area (Å²) in [4.78, 5) is 32.9. The summed E-state index contributed by atoms with van der Waals surface area (Å²) >= 11 is 13.3. The van der Waals surface area contributed by atoms with Crippen LogP contribution in [0.5, 0.6) is 0 Å². The van der Waals surface area contributed by atoms with Gasteiger partial charge in [0.25, 0.3) is 5.91 Å². The number of alkyl halides is 3. The molecule has 3 aliphatic rings. The van der Waals surface area contributed by atoms with Crippen molar-refractivity contribution in [2.75, 3.05) is 23.3 Å². The van der Waals surface area contributed by atoms with Crippen LogP contribution < -0.4 is 20.9 Å². The van der Waals surface area contributed by atoms with Crippen molar-refractivity contribution in [2.24, 2.45) is 24.8 Å². The number of hydrogen-bond donors (Lipinski definition) is 3. The Kier molecular flexibility index (Phi) is 8.97. The zero-order valence-corrected chi connectivity index (χ0v) is 28.2. The minimum atomic E-state index is -4.21. The highest BCUT2D eigenvalue weighted by molar-refractivity contribution is 6.39. The topological polar surface area (TPSA) is 101 Å². The summed E-state index contributed by atoms with van der Waals surface area (Å²) in [6.07, 6.45) is -3.01. The highest BCUT2D eigenvalue weighted by atomic mass is 35.5. The first-order valence-electron chi connectivity index (χ1n) is 15.9. The van der Waals surface area contributed by atoms with Crippen LogP contribution in [0.3, 0.4) is 0 Å². The predicted octanol–water partition coefficient (Wildman–Crippen LogP) is 7.96. The van der Waals surface area contributed by atoms with Gasteiger partial charge in [0.05, 0.1) is 43.9 Å². The Bertz CT molecular complexity index is 1690. The van der Waals surface area contributed by atoms with Crippen LogP contribution in [0, 0.1) is 17.8 Å². The Balaban J connectivity index is 1.25. The lowest BCUT2D eigenvalue weighted by Gasteiger charge is -2.31. The number of nitrogens with zero attached hydrogens (tertiary/aromatic N) is 3. The van der Waals surface area contributed by atoms with Gasteiger partial charge in [0.2, 0.25) is 5.95 Å². The molecule has 1 aliphatic heterocycles. The summed E-state index contributed by atoms with van der Waals surface area (Å²) in [6.45, 7) is 7.15. The van der Waals surface area contributed by atoms with Gasteiger partial charge < -0.3 is 30.2 Å². The number of alkyl carbamates (subject to hydrolysis) is 1. The fourth-order valence-electron chi connectivity index (χ4n) is 6.65. The Hall–Kier alpha value is -3.38. The largest absolute Gasteiger partial charge is 0.444 e. The fourth-order valence-corrected chi connectivity index (χ4v) is 7.18. The van der Waals surface area contributed by atoms with E-state index in [1.165, 1.54) is 6.42 Å². The van der Waals surface area contributed by atoms with Gasteiger partial charge in [-0.1, -0.05) is 29.3 Å². The molecule has 1 aromatic heterocycles. The SMILES string of the molecule is Cn1c(Nc2c(Cl)ccc(CNC(=O)OC(C)(C)C)c2Cl)nc2cc(C(=O)N[C@H]3CC[C@H](C(F)(F)F)CC3)c(N3CC4CC4C3)cc21. The van der Waals surface area contributed by atoms with E-state index in [9.17, 15) is 22.8 Å². The van der Waals surface area contributed by atoms with Gasteiger partial charge in [-0.3, -0.25) is 4.79 Å². The van der Waals surface area contributed by atoms with Crippen molar-refractivity contribution < 1.29 is 27.5 Å². The maximum atomic E-state index is 13.7. The van der Waals surface area contributed by atoms with E-state index in [4.69, 9.17) is 32.9 Å². The quantitative estimate of drug-likeness (QED) is 0.232. The lowest BCUT2D eigenvalue weighted by atomic mass is 9.85. The van der Waals surface area contributed by atoms with Crippen LogP contribution in [-0.4, -0.2) is 52.5 Å². The summed E-state index contributed by atoms with van der Waals surface area (Å²) in [5, 5.41) is 9.61. The van der Waals surface area contributed by atoms with Crippen molar-refractivity contribution in [1.82, 2.24) is 20.2 Å². The van der Waals surface area contributed by atoms with Crippen molar-refractivity contribution in [3.63, 3.8) is 0 Å². The molecule has 2 unspecified atom stereocenters. The van der Waals surface area contributed by atoms with E-state index < -0.39 is 23.8 Å².